The van der Waals surface area contributed by atoms with Gasteiger partial charge in [0.05, 0.1) is 12.7 Å². The minimum atomic E-state index is -0.369. The molecule has 0 radical (unpaired) electrons. The lowest BCUT2D eigenvalue weighted by molar-refractivity contribution is 0.0601. The Hall–Kier alpha value is -1.97. The molecule has 0 unspecified atom stereocenters. The summed E-state index contributed by atoms with van der Waals surface area (Å²) in [5, 5.41) is 2.12. The fourth-order valence-electron chi connectivity index (χ4n) is 2.78. The topological polar surface area (TPSA) is 39.4 Å². The predicted molar refractivity (Wildman–Crippen MR) is 96.2 cm³/mol. The van der Waals surface area contributed by atoms with Gasteiger partial charge in [-0.3, -0.25) is 0 Å². The minimum Gasteiger partial charge on any atom is -0.465 e. The van der Waals surface area contributed by atoms with Gasteiger partial charge in [0.25, 0.3) is 0 Å². The number of methoxy groups -OCH3 is 1. The van der Waals surface area contributed by atoms with E-state index >= 15 is 0 Å². The highest BCUT2D eigenvalue weighted by Gasteiger charge is 2.17. The highest BCUT2D eigenvalue weighted by atomic mass is 35.5. The highest BCUT2D eigenvalue weighted by molar-refractivity contribution is 6.35. The van der Waals surface area contributed by atoms with E-state index in [0.29, 0.717) is 22.0 Å². The van der Waals surface area contributed by atoms with Crippen LogP contribution in [0.1, 0.15) is 34.2 Å². The number of hydrogen-bond acceptors (Lipinski definition) is 3. The van der Waals surface area contributed by atoms with Gasteiger partial charge in [-0.2, -0.15) is 0 Å². The summed E-state index contributed by atoms with van der Waals surface area (Å²) in [6.07, 6.45) is 1.36. The number of rotatable bonds is 4. The molecule has 3 aromatic rings. The monoisotopic (exact) mass is 362 g/mol. The Balaban J connectivity index is 2.12. The first kappa shape index (κ1) is 16.9. The first-order chi connectivity index (χ1) is 11.5. The van der Waals surface area contributed by atoms with Crippen molar-refractivity contribution in [3.8, 4) is 0 Å². The average Bonchev–Trinajstić information content (AvgIpc) is 2.93. The molecule has 124 valence electrons. The van der Waals surface area contributed by atoms with Crippen molar-refractivity contribution in [1.29, 1.82) is 0 Å². The van der Waals surface area contributed by atoms with Crippen LogP contribution in [0.3, 0.4) is 0 Å². The number of ether oxygens (including phenoxy) is 1. The summed E-state index contributed by atoms with van der Waals surface area (Å²) in [5.41, 5.74) is 3.24. The molecule has 0 aliphatic heterocycles. The maximum Gasteiger partial charge on any atom is 0.337 e. The molecule has 0 bridgehead atoms. The molecular weight excluding hydrogens is 347 g/mol. The average molecular weight is 363 g/mol. The number of furan rings is 1. The van der Waals surface area contributed by atoms with Crippen molar-refractivity contribution < 1.29 is 13.9 Å². The van der Waals surface area contributed by atoms with Crippen LogP contribution in [-0.2, 0) is 17.6 Å². The second-order valence-corrected chi connectivity index (χ2v) is 6.32. The molecule has 0 saturated carbocycles. The molecule has 24 heavy (non-hydrogen) atoms. The van der Waals surface area contributed by atoms with E-state index in [4.69, 9.17) is 32.4 Å². The van der Waals surface area contributed by atoms with Crippen LogP contribution in [0.25, 0.3) is 11.0 Å². The van der Waals surface area contributed by atoms with Gasteiger partial charge in [0, 0.05) is 33.8 Å². The summed E-state index contributed by atoms with van der Waals surface area (Å²) >= 11 is 12.3. The second-order valence-electron chi connectivity index (χ2n) is 5.47. The molecule has 0 amide bonds. The van der Waals surface area contributed by atoms with Gasteiger partial charge in [-0.25, -0.2) is 4.79 Å². The Morgan fingerprint density at radius 3 is 2.62 bits per heavy atom. The standard InChI is InChI=1S/C19H16Cl2O3/c1-3-17-14(8-11-4-6-13(20)10-16(11)21)15-9-12(19(22)23-2)5-7-18(15)24-17/h4-7,9-10H,3,8H2,1-2H3. The first-order valence-electron chi connectivity index (χ1n) is 7.60. The zero-order chi connectivity index (χ0) is 17.3. The van der Waals surface area contributed by atoms with E-state index in [9.17, 15) is 4.79 Å². The molecule has 0 spiro atoms. The molecule has 2 aromatic carbocycles. The van der Waals surface area contributed by atoms with Crippen LogP contribution >= 0.6 is 23.2 Å². The van der Waals surface area contributed by atoms with Gasteiger partial charge in [0.1, 0.15) is 11.3 Å². The summed E-state index contributed by atoms with van der Waals surface area (Å²) < 4.78 is 10.7. The van der Waals surface area contributed by atoms with E-state index in [1.54, 1.807) is 18.2 Å². The molecular formula is C19H16Cl2O3. The van der Waals surface area contributed by atoms with Crippen LogP contribution in [0.15, 0.2) is 40.8 Å². The van der Waals surface area contributed by atoms with Gasteiger partial charge in [-0.1, -0.05) is 36.2 Å². The number of halogens is 2. The third-order valence-electron chi connectivity index (χ3n) is 4.00. The van der Waals surface area contributed by atoms with Gasteiger partial charge in [0.2, 0.25) is 0 Å². The van der Waals surface area contributed by atoms with Gasteiger partial charge >= 0.3 is 5.97 Å². The number of carbonyl (C=O) groups is 1. The molecule has 1 aromatic heterocycles. The molecule has 0 N–H and O–H groups in total. The van der Waals surface area contributed by atoms with Gasteiger partial charge < -0.3 is 9.15 Å². The Labute approximate surface area is 150 Å². The zero-order valence-electron chi connectivity index (χ0n) is 13.4. The Morgan fingerprint density at radius 2 is 1.96 bits per heavy atom. The smallest absolute Gasteiger partial charge is 0.337 e. The molecule has 0 fully saturated rings. The molecule has 0 aliphatic carbocycles. The van der Waals surface area contributed by atoms with Gasteiger partial charge in [-0.15, -0.1) is 0 Å². The third-order valence-corrected chi connectivity index (χ3v) is 4.59. The summed E-state index contributed by atoms with van der Waals surface area (Å²) in [4.78, 5) is 11.8. The molecule has 0 aliphatic rings. The summed E-state index contributed by atoms with van der Waals surface area (Å²) in [5.74, 6) is 0.518. The maximum absolute atomic E-state index is 11.8. The van der Waals surface area contributed by atoms with Crippen LogP contribution in [0.5, 0.6) is 0 Å². The highest BCUT2D eigenvalue weighted by Crippen LogP contribution is 2.32. The molecule has 5 heteroatoms. The van der Waals surface area contributed by atoms with Crippen LogP contribution in [-0.4, -0.2) is 13.1 Å². The second kappa shape index (κ2) is 6.88. The number of aryl methyl sites for hydroxylation is 1. The number of esters is 1. The summed E-state index contributed by atoms with van der Waals surface area (Å²) in [6.45, 7) is 2.03. The fraction of sp³-hybridized carbons (Fsp3) is 0.211. The van der Waals surface area contributed by atoms with E-state index < -0.39 is 0 Å². The van der Waals surface area contributed by atoms with E-state index in [0.717, 1.165) is 34.3 Å². The normalized spacial score (nSPS) is 11.0. The Kier molecular flexibility index (Phi) is 4.83. The van der Waals surface area contributed by atoms with Crippen molar-refractivity contribution in [1.82, 2.24) is 0 Å². The minimum absolute atomic E-state index is 0.369. The van der Waals surface area contributed by atoms with E-state index in [-0.39, 0.29) is 5.97 Å². The van der Waals surface area contributed by atoms with Crippen molar-refractivity contribution in [3.05, 3.63) is 68.9 Å². The predicted octanol–water partition coefficient (Wildman–Crippen LogP) is 5.68. The molecule has 1 heterocycles. The number of hydrogen-bond donors (Lipinski definition) is 0. The molecule has 0 atom stereocenters. The van der Waals surface area contributed by atoms with Crippen LogP contribution in [0, 0.1) is 0 Å². The summed E-state index contributed by atoms with van der Waals surface area (Å²) in [6, 6.07) is 10.8. The van der Waals surface area contributed by atoms with Crippen molar-refractivity contribution >= 4 is 40.1 Å². The lowest BCUT2D eigenvalue weighted by Crippen LogP contribution is -2.00. The molecule has 3 nitrogen and oxygen atoms in total. The maximum atomic E-state index is 11.8. The SMILES string of the molecule is CCc1oc2ccc(C(=O)OC)cc2c1Cc1ccc(Cl)cc1Cl. The summed E-state index contributed by atoms with van der Waals surface area (Å²) in [7, 11) is 1.37. The van der Waals surface area contributed by atoms with Crippen LogP contribution < -0.4 is 0 Å². The van der Waals surface area contributed by atoms with Crippen LogP contribution in [0.4, 0.5) is 0 Å². The van der Waals surface area contributed by atoms with E-state index in [1.165, 1.54) is 7.11 Å². The van der Waals surface area contributed by atoms with Crippen LogP contribution in [0.2, 0.25) is 10.0 Å². The van der Waals surface area contributed by atoms with Gasteiger partial charge in [0.15, 0.2) is 0 Å². The quantitative estimate of drug-likeness (QED) is 0.560. The molecule has 0 saturated heterocycles. The van der Waals surface area contributed by atoms with Gasteiger partial charge in [-0.05, 0) is 35.9 Å². The van der Waals surface area contributed by atoms with E-state index in [2.05, 4.69) is 0 Å². The zero-order valence-corrected chi connectivity index (χ0v) is 14.9. The Morgan fingerprint density at radius 1 is 1.17 bits per heavy atom. The lowest BCUT2D eigenvalue weighted by Gasteiger charge is -2.06. The largest absolute Gasteiger partial charge is 0.465 e. The van der Waals surface area contributed by atoms with Crippen molar-refractivity contribution in [2.45, 2.75) is 19.8 Å². The molecule has 3 rings (SSSR count). The van der Waals surface area contributed by atoms with E-state index in [1.807, 2.05) is 25.1 Å². The number of benzene rings is 2. The van der Waals surface area contributed by atoms with Crippen molar-refractivity contribution in [2.75, 3.05) is 7.11 Å². The first-order valence-corrected chi connectivity index (χ1v) is 8.35. The number of fused-ring (bicyclic) bond motifs is 1. The van der Waals surface area contributed by atoms with Crippen molar-refractivity contribution in [3.63, 3.8) is 0 Å². The Bertz CT molecular complexity index is 912. The number of carbonyl (C=O) groups excluding carboxylic acids is 1. The van der Waals surface area contributed by atoms with Crippen molar-refractivity contribution in [2.24, 2.45) is 0 Å². The fourth-order valence-corrected chi connectivity index (χ4v) is 3.25. The lowest BCUT2D eigenvalue weighted by atomic mass is 9.99. The third kappa shape index (κ3) is 3.14.